The number of hydrogen-bond donors (Lipinski definition) is 2. The largest absolute Gasteiger partial charge is 0.496 e. The fourth-order valence-electron chi connectivity index (χ4n) is 6.03. The van der Waals surface area contributed by atoms with Crippen molar-refractivity contribution >= 4 is 17.6 Å². The first-order valence-electron chi connectivity index (χ1n) is 11.6. The smallest absolute Gasteiger partial charge is 0.254 e. The Morgan fingerprint density at radius 1 is 1.24 bits per heavy atom. The molecule has 1 spiro atoms. The Hall–Kier alpha value is -3.49. The van der Waals surface area contributed by atoms with E-state index in [2.05, 4.69) is 11.9 Å². The minimum atomic E-state index is -0.523. The van der Waals surface area contributed by atoms with Crippen molar-refractivity contribution in [1.82, 2.24) is 14.7 Å². The van der Waals surface area contributed by atoms with Crippen molar-refractivity contribution in [2.45, 2.75) is 32.2 Å². The number of amides is 2. The summed E-state index contributed by atoms with van der Waals surface area (Å²) in [4.78, 5) is 26.3. The Kier molecular flexibility index (Phi) is 5.30. The van der Waals surface area contributed by atoms with Gasteiger partial charge in [-0.1, -0.05) is 6.58 Å². The summed E-state index contributed by atoms with van der Waals surface area (Å²) in [7, 11) is 3.21. The number of likely N-dealkylation sites (tertiary alicyclic amines) is 1. The first-order chi connectivity index (χ1) is 16.3. The minimum Gasteiger partial charge on any atom is -0.496 e. The molecule has 180 valence electrons. The van der Waals surface area contributed by atoms with Gasteiger partial charge in [0.25, 0.3) is 5.91 Å². The van der Waals surface area contributed by atoms with Crippen LogP contribution in [0.4, 0.5) is 5.82 Å². The van der Waals surface area contributed by atoms with Crippen molar-refractivity contribution < 1.29 is 19.1 Å². The van der Waals surface area contributed by atoms with E-state index < -0.39 is 5.91 Å². The van der Waals surface area contributed by atoms with Gasteiger partial charge in [0.1, 0.15) is 28.6 Å². The molecule has 9 nitrogen and oxygen atoms in total. The zero-order valence-electron chi connectivity index (χ0n) is 19.9. The number of hydrogen-bond acceptors (Lipinski definition) is 6. The number of ether oxygens (including phenoxy) is 2. The van der Waals surface area contributed by atoms with E-state index in [-0.39, 0.29) is 17.4 Å². The molecule has 1 aliphatic carbocycles. The van der Waals surface area contributed by atoms with Crippen LogP contribution in [0, 0.1) is 18.3 Å². The molecule has 1 unspecified atom stereocenters. The molecule has 3 heterocycles. The fraction of sp³-hybridized carbons (Fsp3) is 0.480. The molecule has 9 heteroatoms. The van der Waals surface area contributed by atoms with Crippen LogP contribution in [0.15, 0.2) is 24.8 Å². The van der Waals surface area contributed by atoms with Crippen molar-refractivity contribution in [2.24, 2.45) is 17.1 Å². The maximum absolute atomic E-state index is 12.6. The molecule has 0 radical (unpaired) electrons. The summed E-state index contributed by atoms with van der Waals surface area (Å²) in [6, 6.07) is 3.91. The van der Waals surface area contributed by atoms with Crippen LogP contribution in [-0.4, -0.2) is 60.3 Å². The van der Waals surface area contributed by atoms with E-state index >= 15 is 0 Å². The van der Waals surface area contributed by atoms with E-state index in [0.717, 1.165) is 50.0 Å². The average Bonchev–Trinajstić information content (AvgIpc) is 3.17. The number of carbonyl (C=O) groups is 2. The maximum Gasteiger partial charge on any atom is 0.254 e. The molecule has 2 amide bonds. The molecule has 34 heavy (non-hydrogen) atoms. The molecule has 2 fully saturated rings. The van der Waals surface area contributed by atoms with E-state index in [1.54, 1.807) is 14.2 Å². The summed E-state index contributed by atoms with van der Waals surface area (Å²) in [6.45, 7) is 7.85. The fourth-order valence-corrected chi connectivity index (χ4v) is 6.03. The summed E-state index contributed by atoms with van der Waals surface area (Å²) in [5, 5.41) is 8.28. The van der Waals surface area contributed by atoms with E-state index in [9.17, 15) is 9.59 Å². The SMILES string of the molecule is C=CC(=O)N1CC2(CC(C3CCNc4c(C(N)=O)c(-c5cc(OC)c(C)c(OC)c5)nn43)C2)C1. The Morgan fingerprint density at radius 3 is 2.44 bits per heavy atom. The first kappa shape index (κ1) is 22.3. The Labute approximate surface area is 198 Å². The quantitative estimate of drug-likeness (QED) is 0.635. The third-order valence-electron chi connectivity index (χ3n) is 7.70. The highest BCUT2D eigenvalue weighted by Gasteiger charge is 2.55. The number of methoxy groups -OCH3 is 2. The number of nitrogens with two attached hydrogens (primary N) is 1. The topological polar surface area (TPSA) is 112 Å². The molecule has 0 bridgehead atoms. The van der Waals surface area contributed by atoms with Gasteiger partial charge in [-0.05, 0) is 50.3 Å². The van der Waals surface area contributed by atoms with Crippen LogP contribution in [0.3, 0.4) is 0 Å². The number of nitrogens with zero attached hydrogens (tertiary/aromatic N) is 3. The Bertz CT molecular complexity index is 1150. The second-order valence-electron chi connectivity index (χ2n) is 9.74. The lowest BCUT2D eigenvalue weighted by Crippen LogP contribution is -2.64. The molecule has 3 N–H and O–H groups in total. The second-order valence-corrected chi connectivity index (χ2v) is 9.74. The van der Waals surface area contributed by atoms with Crippen molar-refractivity contribution in [1.29, 1.82) is 0 Å². The lowest BCUT2D eigenvalue weighted by Gasteiger charge is -2.60. The van der Waals surface area contributed by atoms with E-state index in [0.29, 0.717) is 34.5 Å². The number of primary amides is 1. The molecule has 5 rings (SSSR count). The third-order valence-corrected chi connectivity index (χ3v) is 7.70. The van der Waals surface area contributed by atoms with Gasteiger partial charge >= 0.3 is 0 Å². The molecule has 1 aromatic carbocycles. The van der Waals surface area contributed by atoms with Gasteiger partial charge in [0.2, 0.25) is 5.91 Å². The molecule has 2 aromatic rings. The van der Waals surface area contributed by atoms with Gasteiger partial charge in [-0.3, -0.25) is 9.59 Å². The van der Waals surface area contributed by atoms with Crippen LogP contribution in [0.2, 0.25) is 0 Å². The van der Waals surface area contributed by atoms with Crippen LogP contribution in [0.5, 0.6) is 11.5 Å². The molecule has 3 aliphatic rings. The molecular weight excluding hydrogens is 434 g/mol. The number of carbonyl (C=O) groups excluding carboxylic acids is 2. The Balaban J connectivity index is 1.46. The first-order valence-corrected chi connectivity index (χ1v) is 11.6. The van der Waals surface area contributed by atoms with Crippen molar-refractivity contribution in [3.8, 4) is 22.8 Å². The highest BCUT2D eigenvalue weighted by molar-refractivity contribution is 6.04. The lowest BCUT2D eigenvalue weighted by molar-refractivity contribution is -0.152. The molecule has 1 saturated carbocycles. The van der Waals surface area contributed by atoms with E-state index in [1.165, 1.54) is 6.08 Å². The van der Waals surface area contributed by atoms with Crippen LogP contribution in [0.25, 0.3) is 11.3 Å². The van der Waals surface area contributed by atoms with Crippen molar-refractivity contribution in [3.05, 3.63) is 35.9 Å². The number of anilines is 1. The minimum absolute atomic E-state index is 0.00463. The van der Waals surface area contributed by atoms with E-state index in [4.69, 9.17) is 20.3 Å². The van der Waals surface area contributed by atoms with Crippen LogP contribution >= 0.6 is 0 Å². The van der Waals surface area contributed by atoms with Gasteiger partial charge < -0.3 is 25.4 Å². The standard InChI is InChI=1S/C25H31N5O4/c1-5-20(31)29-12-25(13-29)10-16(11-25)17-6-7-27-24-21(23(26)32)22(28-30(17)24)15-8-18(33-3)14(2)19(9-15)34-4/h5,8-9,16-17,27H,1,6-7,10-13H2,2-4H3,(H2,26,32). The number of aromatic nitrogens is 2. The predicted octanol–water partition coefficient (Wildman–Crippen LogP) is 2.76. The number of rotatable bonds is 6. The van der Waals surface area contributed by atoms with Gasteiger partial charge in [-0.2, -0.15) is 5.10 Å². The summed E-state index contributed by atoms with van der Waals surface area (Å²) in [5.74, 6) is 1.91. The highest BCUT2D eigenvalue weighted by Crippen LogP contribution is 2.57. The molecule has 1 atom stereocenters. The van der Waals surface area contributed by atoms with Crippen LogP contribution in [-0.2, 0) is 4.79 Å². The summed E-state index contributed by atoms with van der Waals surface area (Å²) in [5.41, 5.74) is 8.57. The average molecular weight is 466 g/mol. The zero-order chi connectivity index (χ0) is 24.2. The highest BCUT2D eigenvalue weighted by atomic mass is 16.5. The third kappa shape index (κ3) is 3.33. The lowest BCUT2D eigenvalue weighted by atomic mass is 9.55. The Morgan fingerprint density at radius 2 is 1.88 bits per heavy atom. The van der Waals surface area contributed by atoms with Crippen LogP contribution < -0.4 is 20.5 Å². The number of fused-ring (bicyclic) bond motifs is 1. The zero-order valence-corrected chi connectivity index (χ0v) is 19.9. The maximum atomic E-state index is 12.6. The van der Waals surface area contributed by atoms with Gasteiger partial charge in [0.05, 0.1) is 20.3 Å². The number of benzene rings is 1. The van der Waals surface area contributed by atoms with Gasteiger partial charge in [0.15, 0.2) is 0 Å². The molecule has 1 saturated heterocycles. The summed E-state index contributed by atoms with van der Waals surface area (Å²) < 4.78 is 13.0. The van der Waals surface area contributed by atoms with Gasteiger partial charge in [-0.15, -0.1) is 0 Å². The monoisotopic (exact) mass is 465 g/mol. The normalized spacial score (nSPS) is 20.6. The van der Waals surface area contributed by atoms with Crippen LogP contribution in [0.1, 0.15) is 41.2 Å². The molecular formula is C25H31N5O4. The van der Waals surface area contributed by atoms with Gasteiger partial charge in [0, 0.05) is 36.2 Å². The molecule has 2 aliphatic heterocycles. The van der Waals surface area contributed by atoms with E-state index in [1.807, 2.05) is 28.6 Å². The predicted molar refractivity (Wildman–Crippen MR) is 128 cm³/mol. The summed E-state index contributed by atoms with van der Waals surface area (Å²) >= 11 is 0. The van der Waals surface area contributed by atoms with Crippen molar-refractivity contribution in [2.75, 3.05) is 39.2 Å². The second kappa shape index (κ2) is 8.07. The summed E-state index contributed by atoms with van der Waals surface area (Å²) in [6.07, 6.45) is 4.40. The van der Waals surface area contributed by atoms with Gasteiger partial charge in [-0.25, -0.2) is 4.68 Å². The van der Waals surface area contributed by atoms with Crippen molar-refractivity contribution in [3.63, 3.8) is 0 Å². The molecule has 1 aromatic heterocycles. The number of nitrogens with one attached hydrogen (secondary N) is 1.